The second kappa shape index (κ2) is 9.35. The molecule has 0 spiro atoms. The molecule has 0 aliphatic carbocycles. The Hall–Kier alpha value is 0.310. The molecule has 2 heteroatoms. The maximum Gasteiger partial charge on any atom is 0.0172 e. The van der Waals surface area contributed by atoms with E-state index < -0.39 is 0 Å². The molecule has 1 aliphatic heterocycles. The zero-order valence-electron chi connectivity index (χ0n) is 11.1. The fraction of sp³-hybridized carbons (Fsp3) is 1.00. The summed E-state index contributed by atoms with van der Waals surface area (Å²) in [6, 6.07) is 0.722. The van der Waals surface area contributed by atoms with E-state index in [0.29, 0.717) is 0 Å². The van der Waals surface area contributed by atoms with E-state index in [-0.39, 0.29) is 0 Å². The molecular formula is C14H29NS. The minimum absolute atomic E-state index is 0.722. The zero-order chi connectivity index (χ0) is 11.6. The standard InChI is InChI=1S/C14H29NS/c1-3-4-5-6-9-13(2)15-12-14-10-7-8-11-16-14/h13-15H,3-12H2,1-2H3. The van der Waals surface area contributed by atoms with Crippen molar-refractivity contribution in [1.29, 1.82) is 0 Å². The first-order valence-electron chi connectivity index (χ1n) is 7.18. The van der Waals surface area contributed by atoms with Crippen LogP contribution >= 0.6 is 11.8 Å². The van der Waals surface area contributed by atoms with Crippen LogP contribution in [0.5, 0.6) is 0 Å². The third-order valence-electron chi connectivity index (χ3n) is 3.46. The Morgan fingerprint density at radius 3 is 2.81 bits per heavy atom. The van der Waals surface area contributed by atoms with Gasteiger partial charge >= 0.3 is 0 Å². The van der Waals surface area contributed by atoms with Gasteiger partial charge in [-0.2, -0.15) is 11.8 Å². The molecule has 1 saturated heterocycles. The molecule has 0 aromatic heterocycles. The van der Waals surface area contributed by atoms with E-state index in [1.54, 1.807) is 0 Å². The van der Waals surface area contributed by atoms with Gasteiger partial charge in [-0.05, 0) is 31.9 Å². The molecule has 16 heavy (non-hydrogen) atoms. The first-order valence-corrected chi connectivity index (χ1v) is 8.22. The number of unbranched alkanes of at least 4 members (excludes halogenated alkanes) is 3. The van der Waals surface area contributed by atoms with Gasteiger partial charge in [-0.1, -0.05) is 39.0 Å². The smallest absolute Gasteiger partial charge is 0.0172 e. The van der Waals surface area contributed by atoms with Gasteiger partial charge in [0.25, 0.3) is 0 Å². The van der Waals surface area contributed by atoms with Gasteiger partial charge in [0.05, 0.1) is 0 Å². The average molecular weight is 243 g/mol. The fourth-order valence-electron chi connectivity index (χ4n) is 2.28. The van der Waals surface area contributed by atoms with Crippen LogP contribution in [-0.4, -0.2) is 23.6 Å². The van der Waals surface area contributed by atoms with Crippen LogP contribution in [0.3, 0.4) is 0 Å². The third kappa shape index (κ3) is 6.80. The number of hydrogen-bond acceptors (Lipinski definition) is 2. The number of hydrogen-bond donors (Lipinski definition) is 1. The molecule has 0 amide bonds. The van der Waals surface area contributed by atoms with E-state index in [0.717, 1.165) is 11.3 Å². The third-order valence-corrected chi connectivity index (χ3v) is 4.86. The Morgan fingerprint density at radius 1 is 1.25 bits per heavy atom. The topological polar surface area (TPSA) is 12.0 Å². The lowest BCUT2D eigenvalue weighted by atomic mass is 10.1. The summed E-state index contributed by atoms with van der Waals surface area (Å²) in [5.41, 5.74) is 0. The Bertz CT molecular complexity index is 155. The SMILES string of the molecule is CCCCCCC(C)NCC1CCCCS1. The average Bonchev–Trinajstić information content (AvgIpc) is 2.33. The molecule has 96 valence electrons. The van der Waals surface area contributed by atoms with Crippen LogP contribution in [0.4, 0.5) is 0 Å². The van der Waals surface area contributed by atoms with Crippen LogP contribution in [0.2, 0.25) is 0 Å². The summed E-state index contributed by atoms with van der Waals surface area (Å²) in [4.78, 5) is 0. The summed E-state index contributed by atoms with van der Waals surface area (Å²) < 4.78 is 0. The molecule has 1 heterocycles. The van der Waals surface area contributed by atoms with E-state index in [4.69, 9.17) is 0 Å². The predicted molar refractivity (Wildman–Crippen MR) is 76.3 cm³/mol. The van der Waals surface area contributed by atoms with Crippen molar-refractivity contribution in [1.82, 2.24) is 5.32 Å². The van der Waals surface area contributed by atoms with Crippen LogP contribution in [0.15, 0.2) is 0 Å². The van der Waals surface area contributed by atoms with Crippen molar-refractivity contribution >= 4 is 11.8 Å². The minimum Gasteiger partial charge on any atom is -0.313 e. The summed E-state index contributed by atoms with van der Waals surface area (Å²) >= 11 is 2.17. The summed E-state index contributed by atoms with van der Waals surface area (Å²) in [7, 11) is 0. The summed E-state index contributed by atoms with van der Waals surface area (Å²) in [5, 5.41) is 4.60. The molecule has 0 aromatic carbocycles. The van der Waals surface area contributed by atoms with Crippen molar-refractivity contribution < 1.29 is 0 Å². The van der Waals surface area contributed by atoms with Gasteiger partial charge in [-0.25, -0.2) is 0 Å². The highest BCUT2D eigenvalue weighted by Gasteiger charge is 2.14. The van der Waals surface area contributed by atoms with E-state index in [1.807, 2.05) is 0 Å². The van der Waals surface area contributed by atoms with Crippen molar-refractivity contribution in [2.75, 3.05) is 12.3 Å². The monoisotopic (exact) mass is 243 g/mol. The molecule has 1 rings (SSSR count). The molecule has 2 unspecified atom stereocenters. The zero-order valence-corrected chi connectivity index (χ0v) is 12.0. The second-order valence-electron chi connectivity index (χ2n) is 5.15. The van der Waals surface area contributed by atoms with Crippen LogP contribution in [0, 0.1) is 0 Å². The molecule has 0 radical (unpaired) electrons. The number of thioether (sulfide) groups is 1. The minimum atomic E-state index is 0.722. The van der Waals surface area contributed by atoms with Crippen molar-refractivity contribution in [3.8, 4) is 0 Å². The Morgan fingerprint density at radius 2 is 2.12 bits per heavy atom. The van der Waals surface area contributed by atoms with E-state index in [1.165, 1.54) is 63.7 Å². The van der Waals surface area contributed by atoms with Crippen molar-refractivity contribution in [3.05, 3.63) is 0 Å². The number of nitrogens with one attached hydrogen (secondary N) is 1. The lowest BCUT2D eigenvalue weighted by Crippen LogP contribution is -2.33. The van der Waals surface area contributed by atoms with Gasteiger partial charge in [0.2, 0.25) is 0 Å². The molecule has 2 atom stereocenters. The lowest BCUT2D eigenvalue weighted by molar-refractivity contribution is 0.473. The van der Waals surface area contributed by atoms with Gasteiger partial charge in [0.15, 0.2) is 0 Å². The van der Waals surface area contributed by atoms with E-state index >= 15 is 0 Å². The van der Waals surface area contributed by atoms with Crippen LogP contribution < -0.4 is 5.32 Å². The number of rotatable bonds is 8. The van der Waals surface area contributed by atoms with Crippen molar-refractivity contribution in [2.24, 2.45) is 0 Å². The van der Waals surface area contributed by atoms with Crippen LogP contribution in [0.1, 0.15) is 65.2 Å². The highest BCUT2D eigenvalue weighted by Crippen LogP contribution is 2.24. The maximum absolute atomic E-state index is 3.71. The molecule has 1 nitrogen and oxygen atoms in total. The predicted octanol–water partition coefficient (Wildman–Crippen LogP) is 4.22. The highest BCUT2D eigenvalue weighted by atomic mass is 32.2. The molecule has 1 aliphatic rings. The Kier molecular flexibility index (Phi) is 8.40. The molecule has 1 N–H and O–H groups in total. The van der Waals surface area contributed by atoms with E-state index in [9.17, 15) is 0 Å². The Balaban J connectivity index is 1.94. The molecule has 0 bridgehead atoms. The molecule has 1 fully saturated rings. The van der Waals surface area contributed by atoms with Crippen LogP contribution in [-0.2, 0) is 0 Å². The largest absolute Gasteiger partial charge is 0.313 e. The van der Waals surface area contributed by atoms with Crippen LogP contribution in [0.25, 0.3) is 0 Å². The second-order valence-corrected chi connectivity index (χ2v) is 6.56. The summed E-state index contributed by atoms with van der Waals surface area (Å²) in [5.74, 6) is 1.39. The maximum atomic E-state index is 3.71. The summed E-state index contributed by atoms with van der Waals surface area (Å²) in [6.07, 6.45) is 11.3. The van der Waals surface area contributed by atoms with Gasteiger partial charge < -0.3 is 5.32 Å². The fourth-order valence-corrected chi connectivity index (χ4v) is 3.53. The van der Waals surface area contributed by atoms with Gasteiger partial charge in [0.1, 0.15) is 0 Å². The lowest BCUT2D eigenvalue weighted by Gasteiger charge is -2.23. The van der Waals surface area contributed by atoms with Gasteiger partial charge in [0, 0.05) is 17.8 Å². The molecular weight excluding hydrogens is 214 g/mol. The van der Waals surface area contributed by atoms with Gasteiger partial charge in [-0.15, -0.1) is 0 Å². The Labute approximate surface area is 106 Å². The highest BCUT2D eigenvalue weighted by molar-refractivity contribution is 7.99. The van der Waals surface area contributed by atoms with E-state index in [2.05, 4.69) is 30.9 Å². The van der Waals surface area contributed by atoms with Crippen molar-refractivity contribution in [2.45, 2.75) is 76.5 Å². The molecule has 0 aromatic rings. The van der Waals surface area contributed by atoms with Gasteiger partial charge in [-0.3, -0.25) is 0 Å². The first-order chi connectivity index (χ1) is 7.83. The quantitative estimate of drug-likeness (QED) is 0.641. The van der Waals surface area contributed by atoms with Crippen molar-refractivity contribution in [3.63, 3.8) is 0 Å². The first kappa shape index (κ1) is 14.4. The normalized spacial score (nSPS) is 23.2. The summed E-state index contributed by atoms with van der Waals surface area (Å²) in [6.45, 7) is 5.86. The molecule has 0 saturated carbocycles.